The van der Waals surface area contributed by atoms with Crippen LogP contribution >= 0.6 is 11.8 Å². The van der Waals surface area contributed by atoms with Crippen molar-refractivity contribution in [2.24, 2.45) is 0 Å². The molecule has 1 aromatic rings. The number of nitro groups is 1. The number of thioether (sulfide) groups is 1. The Hall–Kier alpha value is -2.02. The lowest BCUT2D eigenvalue weighted by atomic mass is 10.1. The van der Waals surface area contributed by atoms with Crippen LogP contribution < -0.4 is 4.90 Å². The smallest absolute Gasteiger partial charge is 0.328 e. The molecule has 1 saturated heterocycles. The highest BCUT2D eigenvalue weighted by atomic mass is 32.2. The van der Waals surface area contributed by atoms with Crippen LogP contribution in [0.2, 0.25) is 0 Å². The molecule has 6 nitrogen and oxygen atoms in total. The van der Waals surface area contributed by atoms with Crippen LogP contribution in [0.25, 0.3) is 6.08 Å². The molecule has 0 bridgehead atoms. The van der Waals surface area contributed by atoms with Gasteiger partial charge in [0, 0.05) is 41.9 Å². The minimum atomic E-state index is -1.13. The molecule has 0 radical (unpaired) electrons. The third-order valence-electron chi connectivity index (χ3n) is 3.31. The Bertz CT molecular complexity index is 588. The first-order valence-electron chi connectivity index (χ1n) is 6.53. The normalized spacial score (nSPS) is 18.9. The van der Waals surface area contributed by atoms with Gasteiger partial charge in [-0.1, -0.05) is 0 Å². The molecule has 1 aromatic carbocycles. The molecule has 0 spiro atoms. The monoisotopic (exact) mass is 308 g/mol. The molecule has 0 aromatic heterocycles. The Morgan fingerprint density at radius 3 is 2.95 bits per heavy atom. The quantitative estimate of drug-likeness (QED) is 0.523. The Morgan fingerprint density at radius 1 is 1.57 bits per heavy atom. The third-order valence-corrected chi connectivity index (χ3v) is 4.50. The maximum absolute atomic E-state index is 11.0. The summed E-state index contributed by atoms with van der Waals surface area (Å²) < 4.78 is 0. The summed E-state index contributed by atoms with van der Waals surface area (Å²) in [6, 6.07) is 5.19. The van der Waals surface area contributed by atoms with E-state index in [4.69, 9.17) is 5.11 Å². The second-order valence-corrected chi connectivity index (χ2v) is 5.94. The van der Waals surface area contributed by atoms with Gasteiger partial charge in [0.15, 0.2) is 0 Å². The number of carboxylic acid groups (broad SMARTS) is 1. The summed E-state index contributed by atoms with van der Waals surface area (Å²) in [6.07, 6.45) is 2.19. The van der Waals surface area contributed by atoms with Gasteiger partial charge in [-0.25, -0.2) is 4.79 Å². The molecule has 0 amide bonds. The Morgan fingerprint density at radius 2 is 2.33 bits per heavy atom. The first kappa shape index (κ1) is 15.4. The fourth-order valence-electron chi connectivity index (χ4n) is 2.29. The molecule has 0 aliphatic carbocycles. The van der Waals surface area contributed by atoms with E-state index < -0.39 is 10.9 Å². The number of aliphatic carboxylic acids is 1. The summed E-state index contributed by atoms with van der Waals surface area (Å²) in [4.78, 5) is 23.3. The number of carboxylic acids is 1. The molecule has 1 aliphatic heterocycles. The van der Waals surface area contributed by atoms with E-state index in [1.165, 1.54) is 12.1 Å². The topological polar surface area (TPSA) is 83.7 Å². The Labute approximate surface area is 126 Å². The fraction of sp³-hybridized carbons (Fsp3) is 0.357. The lowest BCUT2D eigenvalue weighted by Gasteiger charge is -2.35. The zero-order valence-corrected chi connectivity index (χ0v) is 12.4. The highest BCUT2D eigenvalue weighted by Crippen LogP contribution is 2.29. The second-order valence-electron chi connectivity index (χ2n) is 4.79. The van der Waals surface area contributed by atoms with Crippen molar-refractivity contribution in [2.75, 3.05) is 23.0 Å². The Balaban J connectivity index is 2.38. The molecule has 1 atom stereocenters. The average Bonchev–Trinajstić information content (AvgIpc) is 2.45. The summed E-state index contributed by atoms with van der Waals surface area (Å²) in [5.74, 6) is 0.899. The van der Waals surface area contributed by atoms with Crippen LogP contribution in [-0.2, 0) is 4.79 Å². The van der Waals surface area contributed by atoms with Crippen molar-refractivity contribution < 1.29 is 14.8 Å². The number of nitro benzene ring substituents is 1. The van der Waals surface area contributed by atoms with Crippen LogP contribution in [0.4, 0.5) is 11.4 Å². The van der Waals surface area contributed by atoms with E-state index in [0.717, 1.165) is 29.8 Å². The number of hydrogen-bond acceptors (Lipinski definition) is 5. The molecule has 1 aliphatic rings. The standard InChI is InChI=1S/C14H16N2O4S/c1-10-9-21-7-6-15(10)12-3-4-13(16(19)20)11(8-12)2-5-14(17)18/h2-5,8,10H,6-7,9H2,1H3,(H,17,18)/b5-2+. The molecule has 2 rings (SSSR count). The lowest BCUT2D eigenvalue weighted by Crippen LogP contribution is -2.40. The lowest BCUT2D eigenvalue weighted by molar-refractivity contribution is -0.385. The minimum Gasteiger partial charge on any atom is -0.478 e. The maximum atomic E-state index is 11.0. The van der Waals surface area contributed by atoms with E-state index in [2.05, 4.69) is 11.8 Å². The van der Waals surface area contributed by atoms with Crippen LogP contribution in [0.5, 0.6) is 0 Å². The first-order valence-corrected chi connectivity index (χ1v) is 7.68. The van der Waals surface area contributed by atoms with Gasteiger partial charge in [-0.15, -0.1) is 0 Å². The van der Waals surface area contributed by atoms with Gasteiger partial charge in [0.2, 0.25) is 0 Å². The van der Waals surface area contributed by atoms with Gasteiger partial charge in [-0.05, 0) is 25.1 Å². The van der Waals surface area contributed by atoms with Crippen LogP contribution in [0.1, 0.15) is 12.5 Å². The number of anilines is 1. The van der Waals surface area contributed by atoms with E-state index >= 15 is 0 Å². The van der Waals surface area contributed by atoms with E-state index in [0.29, 0.717) is 11.6 Å². The van der Waals surface area contributed by atoms with Crippen molar-refractivity contribution >= 4 is 35.2 Å². The van der Waals surface area contributed by atoms with E-state index in [9.17, 15) is 14.9 Å². The van der Waals surface area contributed by atoms with Crippen molar-refractivity contribution in [3.63, 3.8) is 0 Å². The molecule has 1 N–H and O–H groups in total. The highest BCUT2D eigenvalue weighted by molar-refractivity contribution is 7.99. The summed E-state index contributed by atoms with van der Waals surface area (Å²) in [5.41, 5.74) is 1.11. The zero-order valence-electron chi connectivity index (χ0n) is 11.6. The van der Waals surface area contributed by atoms with E-state index in [1.54, 1.807) is 12.1 Å². The van der Waals surface area contributed by atoms with Crippen molar-refractivity contribution in [1.82, 2.24) is 0 Å². The molecular formula is C14H16N2O4S. The molecule has 112 valence electrons. The second kappa shape index (κ2) is 6.62. The summed E-state index contributed by atoms with van der Waals surface area (Å²) in [6.45, 7) is 2.99. The van der Waals surface area contributed by atoms with Gasteiger partial charge in [-0.2, -0.15) is 11.8 Å². The van der Waals surface area contributed by atoms with Crippen molar-refractivity contribution in [3.8, 4) is 0 Å². The molecule has 1 fully saturated rings. The van der Waals surface area contributed by atoms with Crippen LogP contribution in [0.15, 0.2) is 24.3 Å². The van der Waals surface area contributed by atoms with E-state index in [-0.39, 0.29) is 5.69 Å². The van der Waals surface area contributed by atoms with Crippen LogP contribution in [0.3, 0.4) is 0 Å². The summed E-state index contributed by atoms with van der Waals surface area (Å²) in [5, 5.41) is 19.7. The molecule has 21 heavy (non-hydrogen) atoms. The third kappa shape index (κ3) is 3.75. The first-order chi connectivity index (χ1) is 9.99. The van der Waals surface area contributed by atoms with Crippen LogP contribution in [-0.4, -0.2) is 40.1 Å². The molecular weight excluding hydrogens is 292 g/mol. The van der Waals surface area contributed by atoms with Gasteiger partial charge in [-0.3, -0.25) is 10.1 Å². The number of rotatable bonds is 4. The van der Waals surface area contributed by atoms with Gasteiger partial charge in [0.25, 0.3) is 5.69 Å². The van der Waals surface area contributed by atoms with E-state index in [1.807, 2.05) is 11.8 Å². The van der Waals surface area contributed by atoms with Crippen molar-refractivity contribution in [2.45, 2.75) is 13.0 Å². The highest BCUT2D eigenvalue weighted by Gasteiger charge is 2.21. The predicted octanol–water partition coefficient (Wildman–Crippen LogP) is 2.63. The largest absolute Gasteiger partial charge is 0.478 e. The van der Waals surface area contributed by atoms with Gasteiger partial charge in [0.05, 0.1) is 10.5 Å². The van der Waals surface area contributed by atoms with Crippen LogP contribution in [0, 0.1) is 10.1 Å². The predicted molar refractivity (Wildman–Crippen MR) is 83.9 cm³/mol. The zero-order chi connectivity index (χ0) is 15.4. The Kier molecular flexibility index (Phi) is 4.85. The number of hydrogen-bond donors (Lipinski definition) is 1. The minimum absolute atomic E-state index is 0.0877. The molecule has 7 heteroatoms. The molecule has 1 unspecified atom stereocenters. The number of benzene rings is 1. The molecule has 0 saturated carbocycles. The van der Waals surface area contributed by atoms with Gasteiger partial charge in [0.1, 0.15) is 0 Å². The maximum Gasteiger partial charge on any atom is 0.328 e. The van der Waals surface area contributed by atoms with Crippen molar-refractivity contribution in [3.05, 3.63) is 40.0 Å². The summed E-state index contributed by atoms with van der Waals surface area (Å²) in [7, 11) is 0. The molecule has 1 heterocycles. The summed E-state index contributed by atoms with van der Waals surface area (Å²) >= 11 is 1.89. The van der Waals surface area contributed by atoms with Crippen molar-refractivity contribution in [1.29, 1.82) is 0 Å². The number of carbonyl (C=O) groups is 1. The van der Waals surface area contributed by atoms with Gasteiger partial charge < -0.3 is 10.0 Å². The van der Waals surface area contributed by atoms with Gasteiger partial charge >= 0.3 is 5.97 Å². The number of nitrogens with zero attached hydrogens (tertiary/aromatic N) is 2. The SMILES string of the molecule is CC1CSCCN1c1ccc([N+](=O)[O-])c(/C=C/C(=O)O)c1. The average molecular weight is 308 g/mol. The fourth-order valence-corrected chi connectivity index (χ4v) is 3.31.